The lowest BCUT2D eigenvalue weighted by Gasteiger charge is -2.15. The number of hydrogen-bond donors (Lipinski definition) is 0. The van der Waals surface area contributed by atoms with Gasteiger partial charge in [0, 0.05) is 10.9 Å². The Hall–Kier alpha value is -3.53. The van der Waals surface area contributed by atoms with Crippen LogP contribution in [0.5, 0.6) is 17.2 Å². The first-order valence-electron chi connectivity index (χ1n) is 9.00. The quantitative estimate of drug-likeness (QED) is 0.458. The molecule has 140 valence electrons. The van der Waals surface area contributed by atoms with E-state index in [4.69, 9.17) is 19.2 Å². The summed E-state index contributed by atoms with van der Waals surface area (Å²) in [5, 5.41) is 1.12. The molecule has 1 heterocycles. The minimum Gasteiger partial charge on any atom is -0.493 e. The van der Waals surface area contributed by atoms with Crippen LogP contribution in [0.4, 0.5) is 0 Å². The second-order valence-corrected chi connectivity index (χ2v) is 6.35. The average Bonchev–Trinajstić information content (AvgIpc) is 2.77. The molecule has 4 nitrogen and oxygen atoms in total. The number of aromatic nitrogens is 1. The Kier molecular flexibility index (Phi) is 4.85. The molecular weight excluding hydrogens is 350 g/mol. The van der Waals surface area contributed by atoms with E-state index in [2.05, 4.69) is 24.3 Å². The van der Waals surface area contributed by atoms with E-state index in [0.717, 1.165) is 33.3 Å². The fourth-order valence-electron chi connectivity index (χ4n) is 3.41. The summed E-state index contributed by atoms with van der Waals surface area (Å²) in [4.78, 5) is 4.89. The van der Waals surface area contributed by atoms with Crippen molar-refractivity contribution >= 4 is 10.9 Å². The molecule has 0 spiro atoms. The number of pyridine rings is 1. The van der Waals surface area contributed by atoms with Gasteiger partial charge in [0.05, 0.1) is 32.5 Å². The fraction of sp³-hybridized carbons (Fsp3) is 0.125. The third-order valence-corrected chi connectivity index (χ3v) is 4.76. The van der Waals surface area contributed by atoms with E-state index >= 15 is 0 Å². The van der Waals surface area contributed by atoms with Crippen LogP contribution in [0.1, 0.15) is 0 Å². The Balaban J connectivity index is 1.98. The third-order valence-electron chi connectivity index (χ3n) is 4.76. The summed E-state index contributed by atoms with van der Waals surface area (Å²) < 4.78 is 16.5. The highest BCUT2D eigenvalue weighted by Crippen LogP contribution is 2.42. The molecule has 0 aliphatic carbocycles. The number of fused-ring (bicyclic) bond motifs is 1. The number of nitrogens with zero attached hydrogens (tertiary/aromatic N) is 1. The number of benzene rings is 3. The standard InChI is InChI=1S/C24H21NO3/c1-26-22-13-17(14-23(27-2)24(22)28-3)21-15-19(16-9-5-4-6-10-16)18-11-7-8-12-20(18)25-21/h4-15H,1-3H3. The van der Waals surface area contributed by atoms with Crippen LogP contribution in [-0.2, 0) is 0 Å². The monoisotopic (exact) mass is 371 g/mol. The number of ether oxygens (including phenoxy) is 3. The highest BCUT2D eigenvalue weighted by molar-refractivity contribution is 5.96. The molecule has 0 aliphatic heterocycles. The SMILES string of the molecule is COc1cc(-c2cc(-c3ccccc3)c3ccccc3n2)cc(OC)c1OC. The maximum atomic E-state index is 5.51. The van der Waals surface area contributed by atoms with Crippen LogP contribution in [0, 0.1) is 0 Å². The molecule has 0 saturated heterocycles. The van der Waals surface area contributed by atoms with Crippen molar-refractivity contribution in [3.8, 4) is 39.6 Å². The van der Waals surface area contributed by atoms with E-state index in [1.807, 2.05) is 48.5 Å². The van der Waals surface area contributed by atoms with Gasteiger partial charge in [-0.05, 0) is 35.4 Å². The lowest BCUT2D eigenvalue weighted by Crippen LogP contribution is -1.97. The van der Waals surface area contributed by atoms with Gasteiger partial charge in [-0.1, -0.05) is 48.5 Å². The van der Waals surface area contributed by atoms with Gasteiger partial charge in [-0.3, -0.25) is 0 Å². The molecule has 0 radical (unpaired) electrons. The van der Waals surface area contributed by atoms with Crippen LogP contribution in [0.15, 0.2) is 72.8 Å². The molecule has 4 aromatic rings. The molecule has 0 bridgehead atoms. The van der Waals surface area contributed by atoms with Crippen molar-refractivity contribution in [2.45, 2.75) is 0 Å². The van der Waals surface area contributed by atoms with Gasteiger partial charge in [0.1, 0.15) is 0 Å². The van der Waals surface area contributed by atoms with Crippen LogP contribution < -0.4 is 14.2 Å². The summed E-state index contributed by atoms with van der Waals surface area (Å²) in [7, 11) is 4.83. The number of para-hydroxylation sites is 1. The maximum Gasteiger partial charge on any atom is 0.203 e. The lowest BCUT2D eigenvalue weighted by molar-refractivity contribution is 0.324. The smallest absolute Gasteiger partial charge is 0.203 e. The minimum atomic E-state index is 0.567. The molecule has 28 heavy (non-hydrogen) atoms. The summed E-state index contributed by atoms with van der Waals surface area (Å²) >= 11 is 0. The van der Waals surface area contributed by atoms with Crippen molar-refractivity contribution in [1.82, 2.24) is 4.98 Å². The maximum absolute atomic E-state index is 5.51. The number of methoxy groups -OCH3 is 3. The van der Waals surface area contributed by atoms with Crippen molar-refractivity contribution in [3.05, 3.63) is 72.8 Å². The van der Waals surface area contributed by atoms with Crippen LogP contribution in [0.25, 0.3) is 33.3 Å². The van der Waals surface area contributed by atoms with Crippen molar-refractivity contribution in [1.29, 1.82) is 0 Å². The van der Waals surface area contributed by atoms with Gasteiger partial charge in [-0.15, -0.1) is 0 Å². The first kappa shape index (κ1) is 17.9. The first-order valence-corrected chi connectivity index (χ1v) is 9.00. The van der Waals surface area contributed by atoms with Crippen LogP contribution in [0.2, 0.25) is 0 Å². The van der Waals surface area contributed by atoms with E-state index in [1.54, 1.807) is 21.3 Å². The second kappa shape index (κ2) is 7.61. The van der Waals surface area contributed by atoms with E-state index in [1.165, 1.54) is 0 Å². The van der Waals surface area contributed by atoms with Gasteiger partial charge >= 0.3 is 0 Å². The largest absolute Gasteiger partial charge is 0.493 e. The molecule has 0 fully saturated rings. The van der Waals surface area contributed by atoms with E-state index in [-0.39, 0.29) is 0 Å². The van der Waals surface area contributed by atoms with Crippen molar-refractivity contribution < 1.29 is 14.2 Å². The summed E-state index contributed by atoms with van der Waals surface area (Å²) in [6.45, 7) is 0. The van der Waals surface area contributed by atoms with E-state index < -0.39 is 0 Å². The Labute approximate surface area is 164 Å². The summed E-state index contributed by atoms with van der Waals surface area (Å²) in [5.74, 6) is 1.78. The number of hydrogen-bond acceptors (Lipinski definition) is 4. The highest BCUT2D eigenvalue weighted by atomic mass is 16.5. The van der Waals surface area contributed by atoms with Crippen molar-refractivity contribution in [3.63, 3.8) is 0 Å². The molecule has 0 saturated carbocycles. The molecular formula is C24H21NO3. The van der Waals surface area contributed by atoms with Crippen molar-refractivity contribution in [2.24, 2.45) is 0 Å². The van der Waals surface area contributed by atoms with Gasteiger partial charge in [0.25, 0.3) is 0 Å². The molecule has 4 heteroatoms. The van der Waals surface area contributed by atoms with Crippen molar-refractivity contribution in [2.75, 3.05) is 21.3 Å². The molecule has 0 aliphatic rings. The van der Waals surface area contributed by atoms with E-state index in [9.17, 15) is 0 Å². The third kappa shape index (κ3) is 3.14. The van der Waals surface area contributed by atoms with Crippen LogP contribution in [-0.4, -0.2) is 26.3 Å². The predicted octanol–water partition coefficient (Wildman–Crippen LogP) is 5.59. The molecule has 1 aromatic heterocycles. The lowest BCUT2D eigenvalue weighted by atomic mass is 9.98. The van der Waals surface area contributed by atoms with E-state index in [0.29, 0.717) is 17.2 Å². The zero-order chi connectivity index (χ0) is 19.5. The minimum absolute atomic E-state index is 0.567. The topological polar surface area (TPSA) is 40.6 Å². The highest BCUT2D eigenvalue weighted by Gasteiger charge is 2.16. The van der Waals surface area contributed by atoms with Crippen LogP contribution >= 0.6 is 0 Å². The molecule has 4 rings (SSSR count). The first-order chi connectivity index (χ1) is 13.7. The fourth-order valence-corrected chi connectivity index (χ4v) is 3.41. The number of rotatable bonds is 5. The second-order valence-electron chi connectivity index (χ2n) is 6.35. The van der Waals surface area contributed by atoms with Gasteiger partial charge in [-0.2, -0.15) is 0 Å². The molecule has 0 N–H and O–H groups in total. The zero-order valence-corrected chi connectivity index (χ0v) is 16.1. The molecule has 3 aromatic carbocycles. The Morgan fingerprint density at radius 2 is 1.29 bits per heavy atom. The predicted molar refractivity (Wildman–Crippen MR) is 112 cm³/mol. The Morgan fingerprint density at radius 3 is 1.93 bits per heavy atom. The molecule has 0 atom stereocenters. The van der Waals surface area contributed by atoms with Gasteiger partial charge in [0.2, 0.25) is 5.75 Å². The van der Waals surface area contributed by atoms with Crippen LogP contribution in [0.3, 0.4) is 0 Å². The summed E-state index contributed by atoms with van der Waals surface area (Å²) in [6, 6.07) is 24.5. The Morgan fingerprint density at radius 1 is 0.643 bits per heavy atom. The summed E-state index contributed by atoms with van der Waals surface area (Å²) in [5.41, 5.74) is 4.96. The normalized spacial score (nSPS) is 10.7. The van der Waals surface area contributed by atoms with Gasteiger partial charge in [0.15, 0.2) is 11.5 Å². The average molecular weight is 371 g/mol. The van der Waals surface area contributed by atoms with Gasteiger partial charge < -0.3 is 14.2 Å². The summed E-state index contributed by atoms with van der Waals surface area (Å²) in [6.07, 6.45) is 0. The molecule has 0 unspecified atom stereocenters. The van der Waals surface area contributed by atoms with Gasteiger partial charge in [-0.25, -0.2) is 4.98 Å². The Bertz CT molecular complexity index is 1100. The molecule has 0 amide bonds. The zero-order valence-electron chi connectivity index (χ0n) is 16.1.